The Balaban J connectivity index is 2.49. The van der Waals surface area contributed by atoms with E-state index in [4.69, 9.17) is 0 Å². The Labute approximate surface area is 137 Å². The van der Waals surface area contributed by atoms with Crippen molar-refractivity contribution in [1.29, 1.82) is 0 Å². The zero-order valence-electron chi connectivity index (χ0n) is 15.9. The summed E-state index contributed by atoms with van der Waals surface area (Å²) in [4.78, 5) is 9.17. The fourth-order valence-electron chi connectivity index (χ4n) is 3.22. The summed E-state index contributed by atoms with van der Waals surface area (Å²) in [5.74, 6) is 1.57. The first-order valence-electron chi connectivity index (χ1n) is 8.50. The molecule has 130 valence electrons. The van der Waals surface area contributed by atoms with Crippen LogP contribution in [0.1, 0.15) is 34.6 Å². The van der Waals surface area contributed by atoms with Gasteiger partial charge in [-0.15, -0.1) is 0 Å². The summed E-state index contributed by atoms with van der Waals surface area (Å²) in [6.07, 6.45) is 0. The van der Waals surface area contributed by atoms with E-state index in [1.54, 1.807) is 0 Å². The van der Waals surface area contributed by atoms with E-state index in [-0.39, 0.29) is 5.41 Å². The molecule has 0 radical (unpaired) electrons. The summed E-state index contributed by atoms with van der Waals surface area (Å²) < 4.78 is 0. The maximum Gasteiger partial charge on any atom is 0.191 e. The molecule has 1 aliphatic rings. The van der Waals surface area contributed by atoms with Gasteiger partial charge < -0.3 is 15.5 Å². The van der Waals surface area contributed by atoms with E-state index < -0.39 is 0 Å². The van der Waals surface area contributed by atoms with Crippen LogP contribution in [0, 0.1) is 11.3 Å². The fraction of sp³-hybridized carbons (Fsp3) is 0.941. The van der Waals surface area contributed by atoms with Crippen LogP contribution < -0.4 is 10.6 Å². The minimum atomic E-state index is 0.215. The normalized spacial score (nSPS) is 24.4. The van der Waals surface area contributed by atoms with Crippen LogP contribution in [0.4, 0.5) is 0 Å². The molecule has 2 N–H and O–H groups in total. The predicted molar refractivity (Wildman–Crippen MR) is 96.5 cm³/mol. The van der Waals surface area contributed by atoms with Crippen molar-refractivity contribution in [2.75, 3.05) is 47.3 Å². The maximum atomic E-state index is 4.40. The molecule has 0 aromatic rings. The second-order valence-electron chi connectivity index (χ2n) is 8.10. The summed E-state index contributed by atoms with van der Waals surface area (Å²) in [5, 5.41) is 7.11. The van der Waals surface area contributed by atoms with Crippen molar-refractivity contribution in [3.05, 3.63) is 0 Å². The van der Waals surface area contributed by atoms with E-state index in [1.165, 1.54) is 6.54 Å². The molecular formula is C17H37N5. The predicted octanol–water partition coefficient (Wildman–Crippen LogP) is 1.47. The third kappa shape index (κ3) is 6.13. The Morgan fingerprint density at radius 3 is 2.41 bits per heavy atom. The van der Waals surface area contributed by atoms with Gasteiger partial charge in [0, 0.05) is 45.3 Å². The van der Waals surface area contributed by atoms with Crippen molar-refractivity contribution in [3.8, 4) is 0 Å². The summed E-state index contributed by atoms with van der Waals surface area (Å²) in [7, 11) is 6.10. The molecule has 1 fully saturated rings. The van der Waals surface area contributed by atoms with Crippen LogP contribution in [-0.2, 0) is 0 Å². The van der Waals surface area contributed by atoms with Gasteiger partial charge in [0.05, 0.1) is 0 Å². The average Bonchev–Trinajstić information content (AvgIpc) is 2.74. The summed E-state index contributed by atoms with van der Waals surface area (Å²) in [6, 6.07) is 1.09. The number of nitrogens with one attached hydrogen (secondary N) is 2. The monoisotopic (exact) mass is 311 g/mol. The quantitative estimate of drug-likeness (QED) is 0.576. The SMILES string of the molecule is CN=C(NCC(C)(C)CN(C)C)NC1CN(C(C)C)CC1C. The van der Waals surface area contributed by atoms with Crippen molar-refractivity contribution in [2.45, 2.75) is 46.7 Å². The van der Waals surface area contributed by atoms with Crippen LogP contribution in [0.2, 0.25) is 0 Å². The highest BCUT2D eigenvalue weighted by molar-refractivity contribution is 5.80. The van der Waals surface area contributed by atoms with Gasteiger partial charge in [0.25, 0.3) is 0 Å². The van der Waals surface area contributed by atoms with Gasteiger partial charge >= 0.3 is 0 Å². The van der Waals surface area contributed by atoms with Crippen LogP contribution >= 0.6 is 0 Å². The van der Waals surface area contributed by atoms with E-state index in [1.807, 2.05) is 7.05 Å². The summed E-state index contributed by atoms with van der Waals surface area (Å²) in [6.45, 7) is 15.7. The molecule has 0 bridgehead atoms. The highest BCUT2D eigenvalue weighted by atomic mass is 15.3. The fourth-order valence-corrected chi connectivity index (χ4v) is 3.22. The molecule has 2 atom stereocenters. The van der Waals surface area contributed by atoms with E-state index >= 15 is 0 Å². The molecule has 0 aromatic heterocycles. The molecule has 5 heteroatoms. The lowest BCUT2D eigenvalue weighted by molar-refractivity contribution is 0.240. The molecule has 1 rings (SSSR count). The number of rotatable bonds is 6. The third-order valence-corrected chi connectivity index (χ3v) is 4.40. The maximum absolute atomic E-state index is 4.40. The van der Waals surface area contributed by atoms with Crippen LogP contribution in [0.3, 0.4) is 0 Å². The molecule has 0 aromatic carbocycles. The van der Waals surface area contributed by atoms with E-state index in [2.05, 4.69) is 74.1 Å². The molecular weight excluding hydrogens is 274 g/mol. The number of hydrogen-bond donors (Lipinski definition) is 2. The second kappa shape index (κ2) is 8.16. The molecule has 0 spiro atoms. The molecule has 5 nitrogen and oxygen atoms in total. The van der Waals surface area contributed by atoms with E-state index in [0.29, 0.717) is 18.0 Å². The number of hydrogen-bond acceptors (Lipinski definition) is 3. The number of aliphatic imine (C=N–C) groups is 1. The molecule has 1 saturated heterocycles. The van der Waals surface area contributed by atoms with Crippen LogP contribution in [0.15, 0.2) is 4.99 Å². The lowest BCUT2D eigenvalue weighted by atomic mass is 9.93. The summed E-state index contributed by atoms with van der Waals surface area (Å²) in [5.41, 5.74) is 0.215. The first kappa shape index (κ1) is 19.2. The lowest BCUT2D eigenvalue weighted by Gasteiger charge is -2.30. The largest absolute Gasteiger partial charge is 0.356 e. The molecule has 1 aliphatic heterocycles. The lowest BCUT2D eigenvalue weighted by Crippen LogP contribution is -2.49. The Morgan fingerprint density at radius 2 is 1.95 bits per heavy atom. The number of likely N-dealkylation sites (tertiary alicyclic amines) is 1. The first-order chi connectivity index (χ1) is 10.1. The van der Waals surface area contributed by atoms with Crippen molar-refractivity contribution < 1.29 is 0 Å². The molecule has 22 heavy (non-hydrogen) atoms. The van der Waals surface area contributed by atoms with Gasteiger partial charge in [0.1, 0.15) is 0 Å². The van der Waals surface area contributed by atoms with Gasteiger partial charge in [0.2, 0.25) is 0 Å². The molecule has 2 unspecified atom stereocenters. The minimum Gasteiger partial charge on any atom is -0.356 e. The Bertz CT molecular complexity index is 362. The second-order valence-corrected chi connectivity index (χ2v) is 8.10. The van der Waals surface area contributed by atoms with Gasteiger partial charge in [-0.3, -0.25) is 9.89 Å². The van der Waals surface area contributed by atoms with Crippen LogP contribution in [0.25, 0.3) is 0 Å². The topological polar surface area (TPSA) is 42.9 Å². The Hall–Kier alpha value is -0.810. The number of nitrogens with zero attached hydrogens (tertiary/aromatic N) is 3. The zero-order valence-corrected chi connectivity index (χ0v) is 15.9. The Kier molecular flexibility index (Phi) is 7.13. The van der Waals surface area contributed by atoms with E-state index in [9.17, 15) is 0 Å². The molecule has 1 heterocycles. The zero-order chi connectivity index (χ0) is 16.9. The third-order valence-electron chi connectivity index (χ3n) is 4.40. The molecule has 0 saturated carbocycles. The standard InChI is InChI=1S/C17H37N5/c1-13(2)22-9-14(3)15(10-22)20-16(18-6)19-11-17(4,5)12-21(7)8/h13-15H,9-12H2,1-8H3,(H2,18,19,20). The van der Waals surface area contributed by atoms with Gasteiger partial charge in [-0.05, 0) is 39.3 Å². The smallest absolute Gasteiger partial charge is 0.191 e. The highest BCUT2D eigenvalue weighted by Gasteiger charge is 2.31. The van der Waals surface area contributed by atoms with Gasteiger partial charge in [-0.1, -0.05) is 20.8 Å². The Morgan fingerprint density at radius 1 is 1.32 bits per heavy atom. The first-order valence-corrected chi connectivity index (χ1v) is 8.50. The van der Waals surface area contributed by atoms with Gasteiger partial charge in [0.15, 0.2) is 5.96 Å². The molecule has 0 aliphatic carbocycles. The van der Waals surface area contributed by atoms with Crippen LogP contribution in [0.5, 0.6) is 0 Å². The van der Waals surface area contributed by atoms with Gasteiger partial charge in [-0.25, -0.2) is 0 Å². The highest BCUT2D eigenvalue weighted by Crippen LogP contribution is 2.19. The summed E-state index contributed by atoms with van der Waals surface area (Å²) >= 11 is 0. The number of guanidine groups is 1. The van der Waals surface area contributed by atoms with Crippen molar-refractivity contribution >= 4 is 5.96 Å². The van der Waals surface area contributed by atoms with Crippen molar-refractivity contribution in [3.63, 3.8) is 0 Å². The van der Waals surface area contributed by atoms with Gasteiger partial charge in [-0.2, -0.15) is 0 Å². The van der Waals surface area contributed by atoms with E-state index in [0.717, 1.165) is 25.6 Å². The van der Waals surface area contributed by atoms with Crippen LogP contribution in [-0.4, -0.2) is 75.2 Å². The minimum absolute atomic E-state index is 0.215. The van der Waals surface area contributed by atoms with Crippen molar-refractivity contribution in [1.82, 2.24) is 20.4 Å². The van der Waals surface area contributed by atoms with Crippen molar-refractivity contribution in [2.24, 2.45) is 16.3 Å². The average molecular weight is 312 g/mol. The molecule has 0 amide bonds.